The van der Waals surface area contributed by atoms with E-state index in [1.54, 1.807) is 37.3 Å². The summed E-state index contributed by atoms with van der Waals surface area (Å²) in [5.74, 6) is -2.30. The minimum absolute atomic E-state index is 0.477. The van der Waals surface area contributed by atoms with E-state index in [9.17, 15) is 14.7 Å². The van der Waals surface area contributed by atoms with Crippen LogP contribution in [0, 0.1) is 5.92 Å². The van der Waals surface area contributed by atoms with Crippen molar-refractivity contribution in [1.29, 1.82) is 0 Å². The minimum Gasteiger partial charge on any atom is -0.481 e. The number of hydrogen-bond acceptors (Lipinski definition) is 3. The number of carbonyl (C=O) groups is 2. The third-order valence-corrected chi connectivity index (χ3v) is 2.87. The molecule has 0 saturated heterocycles. The molecule has 3 unspecified atom stereocenters. The lowest BCUT2D eigenvalue weighted by Gasteiger charge is -2.20. The largest absolute Gasteiger partial charge is 0.481 e. The summed E-state index contributed by atoms with van der Waals surface area (Å²) >= 11 is 0. The average molecular weight is 251 g/mol. The molecule has 5 heteroatoms. The highest BCUT2D eigenvalue weighted by molar-refractivity contribution is 5.83. The lowest BCUT2D eigenvalue weighted by molar-refractivity contribution is -0.142. The zero-order valence-electron chi connectivity index (χ0n) is 10.3. The normalized spacial score (nSPS) is 15.5. The average Bonchev–Trinajstić information content (AvgIpc) is 2.37. The second kappa shape index (κ2) is 6.16. The van der Waals surface area contributed by atoms with Crippen molar-refractivity contribution in [3.05, 3.63) is 35.9 Å². The zero-order chi connectivity index (χ0) is 13.7. The maximum atomic E-state index is 11.7. The van der Waals surface area contributed by atoms with Crippen LogP contribution in [-0.4, -0.2) is 28.1 Å². The van der Waals surface area contributed by atoms with Gasteiger partial charge in [-0.2, -0.15) is 0 Å². The van der Waals surface area contributed by atoms with Gasteiger partial charge >= 0.3 is 5.97 Å². The van der Waals surface area contributed by atoms with Gasteiger partial charge < -0.3 is 15.5 Å². The van der Waals surface area contributed by atoms with E-state index < -0.39 is 29.9 Å². The predicted octanol–water partition coefficient (Wildman–Crippen LogP) is 0.945. The van der Waals surface area contributed by atoms with Gasteiger partial charge in [-0.05, 0) is 19.4 Å². The highest BCUT2D eigenvalue weighted by Crippen LogP contribution is 2.13. The van der Waals surface area contributed by atoms with E-state index in [1.807, 2.05) is 0 Å². The number of hydrogen-bond donors (Lipinski definition) is 3. The number of carbonyl (C=O) groups excluding carboxylic acids is 1. The summed E-state index contributed by atoms with van der Waals surface area (Å²) in [5, 5.41) is 21.1. The van der Waals surface area contributed by atoms with E-state index >= 15 is 0 Å². The van der Waals surface area contributed by atoms with Gasteiger partial charge in [-0.1, -0.05) is 30.3 Å². The van der Waals surface area contributed by atoms with Gasteiger partial charge in [0.2, 0.25) is 0 Å². The van der Waals surface area contributed by atoms with Gasteiger partial charge in [0.1, 0.15) is 0 Å². The Bertz CT molecular complexity index is 418. The van der Waals surface area contributed by atoms with Gasteiger partial charge in [-0.15, -0.1) is 0 Å². The Morgan fingerprint density at radius 1 is 1.17 bits per heavy atom. The molecule has 0 aliphatic rings. The molecule has 0 saturated carbocycles. The first-order valence-electron chi connectivity index (χ1n) is 5.69. The third kappa shape index (κ3) is 3.56. The number of aliphatic hydroxyl groups is 1. The summed E-state index contributed by atoms with van der Waals surface area (Å²) in [5.41, 5.74) is 0.477. The number of aliphatic hydroxyl groups excluding tert-OH is 1. The molecule has 98 valence electrons. The van der Waals surface area contributed by atoms with Crippen LogP contribution in [0.5, 0.6) is 0 Å². The number of rotatable bonds is 5. The smallest absolute Gasteiger partial charge is 0.308 e. The van der Waals surface area contributed by atoms with E-state index in [1.165, 1.54) is 6.92 Å². The molecule has 0 heterocycles. The molecule has 0 aromatic heterocycles. The van der Waals surface area contributed by atoms with Gasteiger partial charge in [-0.3, -0.25) is 9.59 Å². The Balaban J connectivity index is 2.63. The molecule has 0 bridgehead atoms. The molecule has 3 N–H and O–H groups in total. The van der Waals surface area contributed by atoms with Crippen LogP contribution in [0.2, 0.25) is 0 Å². The number of aliphatic carboxylic acids is 1. The monoisotopic (exact) mass is 251 g/mol. The van der Waals surface area contributed by atoms with Crippen molar-refractivity contribution in [2.45, 2.75) is 26.0 Å². The van der Waals surface area contributed by atoms with Crippen LogP contribution in [0.3, 0.4) is 0 Å². The summed E-state index contributed by atoms with van der Waals surface area (Å²) in [6.45, 7) is 3.09. The Hall–Kier alpha value is -1.88. The molecular formula is C13H17NO4. The fourth-order valence-electron chi connectivity index (χ4n) is 1.43. The Morgan fingerprint density at radius 2 is 1.72 bits per heavy atom. The maximum absolute atomic E-state index is 11.7. The molecule has 1 amide bonds. The van der Waals surface area contributed by atoms with Crippen LogP contribution in [0.1, 0.15) is 25.5 Å². The lowest BCUT2D eigenvalue weighted by atomic mass is 10.0. The molecule has 5 nitrogen and oxygen atoms in total. The number of amides is 1. The molecular weight excluding hydrogens is 234 g/mol. The predicted molar refractivity (Wildman–Crippen MR) is 65.8 cm³/mol. The third-order valence-electron chi connectivity index (χ3n) is 2.87. The van der Waals surface area contributed by atoms with Crippen molar-refractivity contribution in [3.8, 4) is 0 Å². The quantitative estimate of drug-likeness (QED) is 0.727. The lowest BCUT2D eigenvalue weighted by Crippen LogP contribution is -2.42. The van der Waals surface area contributed by atoms with Gasteiger partial charge in [-0.25, -0.2) is 0 Å². The zero-order valence-corrected chi connectivity index (χ0v) is 10.3. The second-order valence-electron chi connectivity index (χ2n) is 4.24. The van der Waals surface area contributed by atoms with Crippen molar-refractivity contribution in [2.75, 3.05) is 0 Å². The molecule has 0 aliphatic heterocycles. The standard InChI is InChI=1S/C13H17NO4/c1-8(13(17)18)9(2)14-12(16)11(15)10-6-4-3-5-7-10/h3-9,11,15H,1-2H3,(H,14,16)(H,17,18). The molecule has 3 atom stereocenters. The molecule has 0 fully saturated rings. The highest BCUT2D eigenvalue weighted by Gasteiger charge is 2.24. The van der Waals surface area contributed by atoms with E-state index in [2.05, 4.69) is 5.32 Å². The number of carboxylic acids is 1. The fourth-order valence-corrected chi connectivity index (χ4v) is 1.43. The van der Waals surface area contributed by atoms with Crippen LogP contribution in [0.4, 0.5) is 0 Å². The molecule has 1 rings (SSSR count). The molecule has 0 spiro atoms. The van der Waals surface area contributed by atoms with Crippen LogP contribution >= 0.6 is 0 Å². The van der Waals surface area contributed by atoms with E-state index in [-0.39, 0.29) is 0 Å². The second-order valence-corrected chi connectivity index (χ2v) is 4.24. The van der Waals surface area contributed by atoms with E-state index in [0.29, 0.717) is 5.56 Å². The molecule has 0 radical (unpaired) electrons. The molecule has 1 aromatic carbocycles. The summed E-state index contributed by atoms with van der Waals surface area (Å²) in [6.07, 6.45) is -1.28. The number of carboxylic acid groups (broad SMARTS) is 1. The molecule has 1 aromatic rings. The maximum Gasteiger partial charge on any atom is 0.308 e. The fraction of sp³-hybridized carbons (Fsp3) is 0.385. The first kappa shape index (κ1) is 14.2. The van der Waals surface area contributed by atoms with Crippen LogP contribution < -0.4 is 5.32 Å². The summed E-state index contributed by atoms with van der Waals surface area (Å²) < 4.78 is 0. The van der Waals surface area contributed by atoms with Crippen LogP contribution in [0.15, 0.2) is 30.3 Å². The van der Waals surface area contributed by atoms with Crippen LogP contribution in [-0.2, 0) is 9.59 Å². The summed E-state index contributed by atoms with van der Waals surface area (Å²) in [6, 6.07) is 7.94. The first-order valence-corrected chi connectivity index (χ1v) is 5.69. The summed E-state index contributed by atoms with van der Waals surface area (Å²) in [4.78, 5) is 22.5. The minimum atomic E-state index is -1.28. The number of nitrogens with one attached hydrogen (secondary N) is 1. The van der Waals surface area contributed by atoms with Crippen molar-refractivity contribution < 1.29 is 19.8 Å². The summed E-state index contributed by atoms with van der Waals surface area (Å²) in [7, 11) is 0. The van der Waals surface area contributed by atoms with Crippen LogP contribution in [0.25, 0.3) is 0 Å². The topological polar surface area (TPSA) is 86.6 Å². The molecule has 0 aliphatic carbocycles. The highest BCUT2D eigenvalue weighted by atomic mass is 16.4. The van der Waals surface area contributed by atoms with Gasteiger partial charge in [0.25, 0.3) is 5.91 Å². The van der Waals surface area contributed by atoms with E-state index in [4.69, 9.17) is 5.11 Å². The Morgan fingerprint density at radius 3 is 2.22 bits per heavy atom. The Labute approximate surface area is 105 Å². The Kier molecular flexibility index (Phi) is 4.85. The van der Waals surface area contributed by atoms with Crippen molar-refractivity contribution in [2.24, 2.45) is 5.92 Å². The molecule has 18 heavy (non-hydrogen) atoms. The van der Waals surface area contributed by atoms with Gasteiger partial charge in [0.15, 0.2) is 6.10 Å². The van der Waals surface area contributed by atoms with Gasteiger partial charge in [0.05, 0.1) is 5.92 Å². The van der Waals surface area contributed by atoms with Gasteiger partial charge in [0, 0.05) is 6.04 Å². The SMILES string of the molecule is CC(NC(=O)C(O)c1ccccc1)C(C)C(=O)O. The number of benzene rings is 1. The van der Waals surface area contributed by atoms with Crippen molar-refractivity contribution >= 4 is 11.9 Å². The van der Waals surface area contributed by atoms with Crippen molar-refractivity contribution in [1.82, 2.24) is 5.32 Å². The first-order chi connectivity index (χ1) is 8.43. The van der Waals surface area contributed by atoms with E-state index in [0.717, 1.165) is 0 Å². The van der Waals surface area contributed by atoms with Crippen molar-refractivity contribution in [3.63, 3.8) is 0 Å².